The first-order valence-electron chi connectivity index (χ1n) is 8.85. The van der Waals surface area contributed by atoms with Gasteiger partial charge in [0.05, 0.1) is 11.1 Å². The molecule has 1 amide bonds. The van der Waals surface area contributed by atoms with Crippen LogP contribution in [0.2, 0.25) is 0 Å². The molecule has 0 aliphatic heterocycles. The van der Waals surface area contributed by atoms with Crippen molar-refractivity contribution in [2.45, 2.75) is 25.4 Å². The molecule has 0 aliphatic carbocycles. The number of carbonyl (C=O) groups excluding carboxylic acids is 2. The van der Waals surface area contributed by atoms with E-state index < -0.39 is 0 Å². The summed E-state index contributed by atoms with van der Waals surface area (Å²) < 4.78 is 1.47. The summed E-state index contributed by atoms with van der Waals surface area (Å²) in [6.45, 7) is 3.97. The number of fused-ring (bicyclic) bond motifs is 1. The van der Waals surface area contributed by atoms with Gasteiger partial charge < -0.3 is 5.32 Å². The molecular formula is C20H21N3O3S2. The highest BCUT2D eigenvalue weighted by molar-refractivity contribution is 7.99. The second-order valence-corrected chi connectivity index (χ2v) is 8.67. The Balaban J connectivity index is 1.64. The van der Waals surface area contributed by atoms with Crippen molar-refractivity contribution in [3.8, 4) is 0 Å². The monoisotopic (exact) mass is 415 g/mol. The lowest BCUT2D eigenvalue weighted by atomic mass is 10.1. The van der Waals surface area contributed by atoms with E-state index >= 15 is 0 Å². The molecule has 146 valence electrons. The Morgan fingerprint density at radius 2 is 1.93 bits per heavy atom. The number of nitrogens with one attached hydrogen (secondary N) is 1. The summed E-state index contributed by atoms with van der Waals surface area (Å²) >= 11 is 2.65. The third-order valence-corrected chi connectivity index (χ3v) is 5.92. The fraction of sp³-hybridized carbons (Fsp3) is 0.300. The molecule has 6 nitrogen and oxygen atoms in total. The van der Waals surface area contributed by atoms with Crippen molar-refractivity contribution in [3.63, 3.8) is 0 Å². The number of thioether (sulfide) groups is 1. The minimum atomic E-state index is -0.109. The minimum Gasteiger partial charge on any atom is -0.326 e. The number of rotatable bonds is 7. The van der Waals surface area contributed by atoms with Crippen molar-refractivity contribution in [1.82, 2.24) is 9.55 Å². The van der Waals surface area contributed by atoms with Crippen LogP contribution in [-0.2, 0) is 11.8 Å². The Hall–Kier alpha value is -2.45. The van der Waals surface area contributed by atoms with E-state index in [0.29, 0.717) is 33.0 Å². The molecule has 0 saturated carbocycles. The smallest absolute Gasteiger partial charge is 0.262 e. The molecular weight excluding hydrogens is 394 g/mol. The van der Waals surface area contributed by atoms with Gasteiger partial charge in [0, 0.05) is 24.7 Å². The zero-order valence-electron chi connectivity index (χ0n) is 15.9. The Labute approximate surface area is 171 Å². The van der Waals surface area contributed by atoms with Crippen LogP contribution in [0, 0.1) is 5.92 Å². The van der Waals surface area contributed by atoms with Gasteiger partial charge in [-0.05, 0) is 41.6 Å². The highest BCUT2D eigenvalue weighted by Gasteiger charge is 2.13. The zero-order valence-corrected chi connectivity index (χ0v) is 17.5. The Morgan fingerprint density at radius 3 is 2.61 bits per heavy atom. The van der Waals surface area contributed by atoms with Gasteiger partial charge in [-0.25, -0.2) is 4.98 Å². The number of anilines is 1. The summed E-state index contributed by atoms with van der Waals surface area (Å²) in [6.07, 6.45) is 0.456. The molecule has 8 heteroatoms. The summed E-state index contributed by atoms with van der Waals surface area (Å²) in [5.74, 6) is 0.359. The number of hydrogen-bond acceptors (Lipinski definition) is 6. The van der Waals surface area contributed by atoms with E-state index in [0.717, 1.165) is 0 Å². The van der Waals surface area contributed by atoms with Crippen LogP contribution in [0.1, 0.15) is 30.6 Å². The predicted molar refractivity (Wildman–Crippen MR) is 114 cm³/mol. The lowest BCUT2D eigenvalue weighted by Crippen LogP contribution is -2.19. The van der Waals surface area contributed by atoms with E-state index in [9.17, 15) is 14.4 Å². The maximum atomic E-state index is 12.5. The third-order valence-electron chi connectivity index (χ3n) is 4.08. The number of hydrogen-bond donors (Lipinski definition) is 1. The lowest BCUT2D eigenvalue weighted by molar-refractivity contribution is -0.116. The first kappa shape index (κ1) is 20.3. The number of Topliss-reactive ketones (excluding diaryl/α,β-unsaturated/α-hetero) is 1. The first-order chi connectivity index (χ1) is 13.3. The van der Waals surface area contributed by atoms with Crippen LogP contribution in [0.15, 0.2) is 45.7 Å². The van der Waals surface area contributed by atoms with Crippen molar-refractivity contribution in [1.29, 1.82) is 0 Å². The van der Waals surface area contributed by atoms with Crippen molar-refractivity contribution in [2.75, 3.05) is 11.1 Å². The van der Waals surface area contributed by atoms with E-state index in [2.05, 4.69) is 10.3 Å². The number of aromatic nitrogens is 2. The standard InChI is InChI=1S/C20H21N3O3S2/c1-12(2)10-17(25)21-14-6-4-13(5-7-14)16(24)11-28-20-22-18-15(8-9-27-18)19(26)23(20)3/h4-9,12H,10-11H2,1-3H3,(H,21,25). The van der Waals surface area contributed by atoms with Gasteiger partial charge >= 0.3 is 0 Å². The molecule has 0 fully saturated rings. The zero-order chi connectivity index (χ0) is 20.3. The molecule has 3 rings (SSSR count). The second-order valence-electron chi connectivity index (χ2n) is 6.83. The highest BCUT2D eigenvalue weighted by atomic mass is 32.2. The van der Waals surface area contributed by atoms with E-state index in [4.69, 9.17) is 0 Å². The Morgan fingerprint density at radius 1 is 1.21 bits per heavy atom. The number of carbonyl (C=O) groups is 2. The number of thiophene rings is 1. The van der Waals surface area contributed by atoms with E-state index in [-0.39, 0.29) is 28.9 Å². The molecule has 1 aromatic carbocycles. The maximum absolute atomic E-state index is 12.5. The first-order valence-corrected chi connectivity index (χ1v) is 10.7. The normalized spacial score (nSPS) is 11.1. The van der Waals surface area contributed by atoms with Crippen molar-refractivity contribution >= 4 is 50.7 Å². The number of ketones is 1. The van der Waals surface area contributed by atoms with Gasteiger partial charge in [-0.2, -0.15) is 0 Å². The van der Waals surface area contributed by atoms with E-state index in [1.807, 2.05) is 19.2 Å². The van der Waals surface area contributed by atoms with Gasteiger partial charge in [0.25, 0.3) is 5.56 Å². The van der Waals surface area contributed by atoms with Crippen LogP contribution in [0.25, 0.3) is 10.2 Å². The van der Waals surface area contributed by atoms with Crippen LogP contribution >= 0.6 is 23.1 Å². The number of nitrogens with zero attached hydrogens (tertiary/aromatic N) is 2. The Bertz CT molecular complexity index is 1070. The lowest BCUT2D eigenvalue weighted by Gasteiger charge is -2.08. The fourth-order valence-electron chi connectivity index (χ4n) is 2.64. The maximum Gasteiger partial charge on any atom is 0.262 e. The van der Waals surface area contributed by atoms with Crippen molar-refractivity contribution in [2.24, 2.45) is 13.0 Å². The molecule has 1 N–H and O–H groups in total. The molecule has 0 bridgehead atoms. The van der Waals surface area contributed by atoms with Crippen LogP contribution in [0.4, 0.5) is 5.69 Å². The number of amides is 1. The molecule has 0 aliphatic rings. The topological polar surface area (TPSA) is 81.1 Å². The van der Waals surface area contributed by atoms with E-state index in [1.54, 1.807) is 37.4 Å². The average molecular weight is 416 g/mol. The SMILES string of the molecule is CC(C)CC(=O)Nc1ccc(C(=O)CSc2nc3sccc3c(=O)n2C)cc1. The molecule has 0 radical (unpaired) electrons. The molecule has 3 aromatic rings. The summed E-state index contributed by atoms with van der Waals surface area (Å²) in [5.41, 5.74) is 1.11. The quantitative estimate of drug-likeness (QED) is 0.359. The molecule has 28 heavy (non-hydrogen) atoms. The fourth-order valence-corrected chi connectivity index (χ4v) is 4.32. The van der Waals surface area contributed by atoms with Gasteiger partial charge in [0.15, 0.2) is 10.9 Å². The van der Waals surface area contributed by atoms with Crippen molar-refractivity contribution in [3.05, 3.63) is 51.6 Å². The molecule has 0 atom stereocenters. The summed E-state index contributed by atoms with van der Waals surface area (Å²) in [4.78, 5) is 41.8. The largest absolute Gasteiger partial charge is 0.326 e. The number of benzene rings is 1. The van der Waals surface area contributed by atoms with Crippen LogP contribution in [0.3, 0.4) is 0 Å². The summed E-state index contributed by atoms with van der Waals surface area (Å²) in [6, 6.07) is 8.60. The van der Waals surface area contributed by atoms with Crippen LogP contribution < -0.4 is 10.9 Å². The molecule has 0 unspecified atom stereocenters. The van der Waals surface area contributed by atoms with Gasteiger partial charge in [-0.3, -0.25) is 19.0 Å². The molecule has 0 saturated heterocycles. The van der Waals surface area contributed by atoms with Crippen LogP contribution in [0.5, 0.6) is 0 Å². The van der Waals surface area contributed by atoms with Gasteiger partial charge in [-0.15, -0.1) is 11.3 Å². The molecule has 2 aromatic heterocycles. The molecule has 2 heterocycles. The van der Waals surface area contributed by atoms with Gasteiger partial charge in [0.2, 0.25) is 5.91 Å². The summed E-state index contributed by atoms with van der Waals surface area (Å²) in [5, 5.41) is 5.77. The molecule has 0 spiro atoms. The van der Waals surface area contributed by atoms with Gasteiger partial charge in [-0.1, -0.05) is 25.6 Å². The Kier molecular flexibility index (Phi) is 6.31. The highest BCUT2D eigenvalue weighted by Crippen LogP contribution is 2.21. The van der Waals surface area contributed by atoms with Crippen LogP contribution in [-0.4, -0.2) is 27.0 Å². The summed E-state index contributed by atoms with van der Waals surface area (Å²) in [7, 11) is 1.66. The average Bonchev–Trinajstić information content (AvgIpc) is 3.12. The third kappa shape index (κ3) is 4.69. The predicted octanol–water partition coefficient (Wildman–Crippen LogP) is 3.95. The van der Waals surface area contributed by atoms with Gasteiger partial charge in [0.1, 0.15) is 4.83 Å². The minimum absolute atomic E-state index is 0.0411. The van der Waals surface area contributed by atoms with E-state index in [1.165, 1.54) is 27.7 Å². The second kappa shape index (κ2) is 8.70. The van der Waals surface area contributed by atoms with Crippen molar-refractivity contribution < 1.29 is 9.59 Å².